The van der Waals surface area contributed by atoms with Gasteiger partial charge in [-0.2, -0.15) is 0 Å². The van der Waals surface area contributed by atoms with Gasteiger partial charge in [0.05, 0.1) is 5.41 Å². The maximum absolute atomic E-state index is 12.3. The lowest BCUT2D eigenvalue weighted by molar-refractivity contribution is -0.122. The highest BCUT2D eigenvalue weighted by molar-refractivity contribution is 6.31. The van der Waals surface area contributed by atoms with Crippen molar-refractivity contribution < 1.29 is 4.79 Å². The number of anilines is 1. The Morgan fingerprint density at radius 2 is 2.11 bits per heavy atom. The Kier molecular flexibility index (Phi) is 2.83. The molecule has 0 atom stereocenters. The van der Waals surface area contributed by atoms with Crippen LogP contribution in [0.5, 0.6) is 0 Å². The lowest BCUT2D eigenvalue weighted by Crippen LogP contribution is -2.39. The fraction of sp³-hybridized carbons (Fsp3) is 0.500. The van der Waals surface area contributed by atoms with Crippen LogP contribution in [0.4, 0.5) is 5.69 Å². The predicted molar refractivity (Wildman–Crippen MR) is 72.8 cm³/mol. The number of carbonyl (C=O) groups excluding carboxylic acids is 1. The summed E-state index contributed by atoms with van der Waals surface area (Å²) in [6.07, 6.45) is 3.81. The largest absolute Gasteiger partial charge is 0.330 e. The van der Waals surface area contributed by atoms with Gasteiger partial charge in [0.25, 0.3) is 0 Å². The zero-order valence-electron chi connectivity index (χ0n) is 10.2. The topological polar surface area (TPSA) is 55.1 Å². The molecule has 0 radical (unpaired) electrons. The molecule has 3 rings (SSSR count). The van der Waals surface area contributed by atoms with Crippen LogP contribution < -0.4 is 11.1 Å². The molecule has 1 heterocycles. The number of hydrogen-bond donors (Lipinski definition) is 2. The van der Waals surface area contributed by atoms with E-state index in [1.54, 1.807) is 0 Å². The first kappa shape index (κ1) is 12.0. The Bertz CT molecular complexity index is 493. The van der Waals surface area contributed by atoms with Crippen LogP contribution >= 0.6 is 11.6 Å². The number of nitrogens with two attached hydrogens (primary N) is 1. The quantitative estimate of drug-likeness (QED) is 0.819. The second-order valence-electron chi connectivity index (χ2n) is 5.41. The molecule has 1 amide bonds. The first-order valence-electron chi connectivity index (χ1n) is 6.47. The van der Waals surface area contributed by atoms with Gasteiger partial charge in [0.2, 0.25) is 5.91 Å². The van der Waals surface area contributed by atoms with Gasteiger partial charge in [0.1, 0.15) is 0 Å². The van der Waals surface area contributed by atoms with Crippen LogP contribution in [-0.4, -0.2) is 12.5 Å². The molecule has 1 saturated carbocycles. The number of fused-ring (bicyclic) bond motifs is 2. The Morgan fingerprint density at radius 1 is 1.39 bits per heavy atom. The third-order valence-electron chi connectivity index (χ3n) is 4.47. The number of benzene rings is 1. The number of amides is 1. The van der Waals surface area contributed by atoms with Gasteiger partial charge in [-0.05, 0) is 61.9 Å². The Balaban J connectivity index is 1.98. The molecule has 0 aromatic heterocycles. The Labute approximate surface area is 112 Å². The maximum Gasteiger partial charge on any atom is 0.235 e. The predicted octanol–water partition coefficient (Wildman–Crippen LogP) is 2.68. The summed E-state index contributed by atoms with van der Waals surface area (Å²) in [4.78, 5) is 12.3. The molecule has 96 valence electrons. The molecule has 3 nitrogen and oxygen atoms in total. The average Bonchev–Trinajstić information content (AvgIpc) is 2.64. The fourth-order valence-electron chi connectivity index (χ4n) is 3.29. The average molecular weight is 265 g/mol. The number of carbonyl (C=O) groups is 1. The van der Waals surface area contributed by atoms with Gasteiger partial charge >= 0.3 is 0 Å². The van der Waals surface area contributed by atoms with E-state index in [2.05, 4.69) is 5.32 Å². The molecule has 1 aliphatic heterocycles. The van der Waals surface area contributed by atoms with Crippen LogP contribution in [0, 0.1) is 5.92 Å². The van der Waals surface area contributed by atoms with Crippen molar-refractivity contribution in [3.05, 3.63) is 28.8 Å². The molecule has 0 unspecified atom stereocenters. The van der Waals surface area contributed by atoms with Gasteiger partial charge in [-0.25, -0.2) is 0 Å². The third kappa shape index (κ3) is 1.65. The van der Waals surface area contributed by atoms with Crippen LogP contribution in [-0.2, 0) is 10.2 Å². The van der Waals surface area contributed by atoms with Crippen molar-refractivity contribution in [2.75, 3.05) is 11.9 Å². The van der Waals surface area contributed by atoms with Crippen LogP contribution in [0.1, 0.15) is 31.2 Å². The van der Waals surface area contributed by atoms with Crippen LogP contribution in [0.2, 0.25) is 5.02 Å². The second kappa shape index (κ2) is 4.25. The molecule has 1 aliphatic carbocycles. The maximum atomic E-state index is 12.3. The number of rotatable bonds is 1. The highest BCUT2D eigenvalue weighted by Gasteiger charge is 2.48. The SMILES string of the molecule is NCC1CCC2(CC1)C(=O)Nc1ccc(Cl)cc12. The van der Waals surface area contributed by atoms with Crippen molar-refractivity contribution in [1.82, 2.24) is 0 Å². The lowest BCUT2D eigenvalue weighted by Gasteiger charge is -2.35. The van der Waals surface area contributed by atoms with E-state index >= 15 is 0 Å². The molecule has 4 heteroatoms. The highest BCUT2D eigenvalue weighted by atomic mass is 35.5. The summed E-state index contributed by atoms with van der Waals surface area (Å²) in [5.74, 6) is 0.696. The second-order valence-corrected chi connectivity index (χ2v) is 5.84. The summed E-state index contributed by atoms with van der Waals surface area (Å²) in [5, 5.41) is 3.69. The van der Waals surface area contributed by atoms with E-state index in [0.717, 1.165) is 43.5 Å². The minimum Gasteiger partial charge on any atom is -0.330 e. The minimum atomic E-state index is -0.355. The molecular formula is C14H17ClN2O. The summed E-state index contributed by atoms with van der Waals surface area (Å²) in [6.45, 7) is 0.722. The summed E-state index contributed by atoms with van der Waals surface area (Å²) in [6, 6.07) is 5.67. The molecule has 1 fully saturated rings. The minimum absolute atomic E-state index is 0.134. The van der Waals surface area contributed by atoms with Gasteiger partial charge in [0, 0.05) is 10.7 Å². The number of nitrogens with one attached hydrogen (secondary N) is 1. The summed E-state index contributed by atoms with van der Waals surface area (Å²) in [7, 11) is 0. The van der Waals surface area contributed by atoms with Gasteiger partial charge in [-0.1, -0.05) is 11.6 Å². The number of hydrogen-bond acceptors (Lipinski definition) is 2. The lowest BCUT2D eigenvalue weighted by atomic mass is 9.67. The van der Waals surface area contributed by atoms with E-state index in [-0.39, 0.29) is 11.3 Å². The smallest absolute Gasteiger partial charge is 0.235 e. The van der Waals surface area contributed by atoms with Crippen LogP contribution in [0.3, 0.4) is 0 Å². The van der Waals surface area contributed by atoms with E-state index in [1.807, 2.05) is 18.2 Å². The summed E-state index contributed by atoms with van der Waals surface area (Å²) < 4.78 is 0. The van der Waals surface area contributed by atoms with Crippen molar-refractivity contribution in [3.63, 3.8) is 0 Å². The Hall–Kier alpha value is -1.06. The van der Waals surface area contributed by atoms with Crippen molar-refractivity contribution in [3.8, 4) is 0 Å². The molecular weight excluding hydrogens is 248 g/mol. The van der Waals surface area contributed by atoms with Crippen molar-refractivity contribution in [1.29, 1.82) is 0 Å². The van der Waals surface area contributed by atoms with Gasteiger partial charge in [-0.3, -0.25) is 4.79 Å². The van der Waals surface area contributed by atoms with E-state index in [4.69, 9.17) is 17.3 Å². The third-order valence-corrected chi connectivity index (χ3v) is 4.71. The molecule has 2 aliphatic rings. The summed E-state index contributed by atoms with van der Waals surface area (Å²) in [5.41, 5.74) is 7.37. The molecule has 0 bridgehead atoms. The van der Waals surface area contributed by atoms with E-state index in [9.17, 15) is 4.79 Å². The molecule has 1 spiro atoms. The van der Waals surface area contributed by atoms with Gasteiger partial charge < -0.3 is 11.1 Å². The standard InChI is InChI=1S/C14H17ClN2O/c15-10-1-2-12-11(7-10)14(13(18)17-12)5-3-9(8-16)4-6-14/h1-2,7,9H,3-6,8,16H2,(H,17,18). The monoisotopic (exact) mass is 264 g/mol. The van der Waals surface area contributed by atoms with Crippen LogP contribution in [0.15, 0.2) is 18.2 Å². The first-order valence-corrected chi connectivity index (χ1v) is 6.85. The summed E-state index contributed by atoms with van der Waals surface area (Å²) >= 11 is 6.07. The zero-order valence-corrected chi connectivity index (χ0v) is 11.0. The molecule has 1 aromatic rings. The van der Waals surface area contributed by atoms with E-state index in [1.165, 1.54) is 0 Å². The number of halogens is 1. The molecule has 3 N–H and O–H groups in total. The van der Waals surface area contributed by atoms with Gasteiger partial charge in [-0.15, -0.1) is 0 Å². The van der Waals surface area contributed by atoms with Crippen molar-refractivity contribution in [2.24, 2.45) is 11.7 Å². The normalized spacial score (nSPS) is 30.3. The zero-order chi connectivity index (χ0) is 12.8. The van der Waals surface area contributed by atoms with Crippen molar-refractivity contribution in [2.45, 2.75) is 31.1 Å². The van der Waals surface area contributed by atoms with E-state index < -0.39 is 0 Å². The Morgan fingerprint density at radius 3 is 2.78 bits per heavy atom. The van der Waals surface area contributed by atoms with Crippen LogP contribution in [0.25, 0.3) is 0 Å². The molecule has 1 aromatic carbocycles. The highest BCUT2D eigenvalue weighted by Crippen LogP contribution is 2.49. The first-order chi connectivity index (χ1) is 8.65. The van der Waals surface area contributed by atoms with E-state index in [0.29, 0.717) is 10.9 Å². The molecule has 0 saturated heterocycles. The van der Waals surface area contributed by atoms with Crippen molar-refractivity contribution >= 4 is 23.2 Å². The fourth-order valence-corrected chi connectivity index (χ4v) is 3.46. The molecule has 18 heavy (non-hydrogen) atoms. The van der Waals surface area contributed by atoms with Gasteiger partial charge in [0.15, 0.2) is 0 Å².